The van der Waals surface area contributed by atoms with E-state index in [9.17, 15) is 10.1 Å². The van der Waals surface area contributed by atoms with Gasteiger partial charge in [0.1, 0.15) is 18.4 Å². The molecule has 3 heterocycles. The van der Waals surface area contributed by atoms with Gasteiger partial charge in [-0.1, -0.05) is 60.7 Å². The first-order valence-electron chi connectivity index (χ1n) is 11.9. The maximum atomic E-state index is 13.4. The number of aromatic nitrogens is 1. The monoisotopic (exact) mass is 447 g/mol. The minimum absolute atomic E-state index is 0.00527. The maximum absolute atomic E-state index is 13.4. The molecule has 1 amide bonds. The molecule has 0 radical (unpaired) electrons. The summed E-state index contributed by atoms with van der Waals surface area (Å²) in [6, 6.07) is 24.6. The third kappa shape index (κ3) is 3.47. The lowest BCUT2D eigenvalue weighted by Crippen LogP contribution is -2.52. The average molecular weight is 448 g/mol. The molecule has 0 saturated carbocycles. The molecule has 2 aromatic carbocycles. The Kier molecular flexibility index (Phi) is 5.15. The summed E-state index contributed by atoms with van der Waals surface area (Å²) in [7, 11) is 0. The number of pyridine rings is 1. The second kappa shape index (κ2) is 8.46. The Morgan fingerprint density at radius 1 is 1.00 bits per heavy atom. The van der Waals surface area contributed by atoms with Crippen molar-refractivity contribution in [2.75, 3.05) is 6.61 Å². The summed E-state index contributed by atoms with van der Waals surface area (Å²) in [4.78, 5) is 19.8. The second-order valence-corrected chi connectivity index (χ2v) is 9.28. The summed E-state index contributed by atoms with van der Waals surface area (Å²) in [6.45, 7) is 0.338. The van der Waals surface area contributed by atoms with Crippen LogP contribution in [0.3, 0.4) is 0 Å². The van der Waals surface area contributed by atoms with E-state index in [1.54, 1.807) is 6.07 Å². The summed E-state index contributed by atoms with van der Waals surface area (Å²) in [5.74, 6) is 0.0602. The molecular formula is C29H25N3O2. The molecular weight excluding hydrogens is 422 g/mol. The molecule has 1 fully saturated rings. The third-order valence-electron chi connectivity index (χ3n) is 7.38. The van der Waals surface area contributed by atoms with Crippen molar-refractivity contribution in [2.24, 2.45) is 0 Å². The summed E-state index contributed by atoms with van der Waals surface area (Å²) >= 11 is 0. The molecule has 2 aliphatic heterocycles. The van der Waals surface area contributed by atoms with Crippen LogP contribution in [0.15, 0.2) is 72.8 Å². The fraction of sp³-hybridized carbons (Fsp3) is 0.276. The van der Waals surface area contributed by atoms with Gasteiger partial charge in [0.15, 0.2) is 0 Å². The van der Waals surface area contributed by atoms with E-state index in [4.69, 9.17) is 4.74 Å². The van der Waals surface area contributed by atoms with Crippen LogP contribution in [0.25, 0.3) is 16.7 Å². The van der Waals surface area contributed by atoms with E-state index >= 15 is 0 Å². The molecule has 168 valence electrons. The predicted molar refractivity (Wildman–Crippen MR) is 130 cm³/mol. The van der Waals surface area contributed by atoms with E-state index < -0.39 is 0 Å². The van der Waals surface area contributed by atoms with Crippen LogP contribution in [0, 0.1) is 11.3 Å². The van der Waals surface area contributed by atoms with Crippen LogP contribution >= 0.6 is 0 Å². The highest BCUT2D eigenvalue weighted by atomic mass is 16.6. The van der Waals surface area contributed by atoms with Gasteiger partial charge in [-0.15, -0.1) is 0 Å². The molecule has 5 heteroatoms. The Hall–Kier alpha value is -3.91. The Morgan fingerprint density at radius 2 is 1.74 bits per heavy atom. The Balaban J connectivity index is 1.22. The fourth-order valence-electron chi connectivity index (χ4n) is 5.85. The summed E-state index contributed by atoms with van der Waals surface area (Å²) in [5.41, 5.74) is 7.28. The molecule has 6 rings (SSSR count). The molecule has 5 nitrogen and oxygen atoms in total. The summed E-state index contributed by atoms with van der Waals surface area (Å²) in [5, 5.41) is 9.21. The lowest BCUT2D eigenvalue weighted by molar-refractivity contribution is 0.0538. The van der Waals surface area contributed by atoms with Crippen molar-refractivity contribution in [1.82, 2.24) is 9.88 Å². The van der Waals surface area contributed by atoms with E-state index in [0.29, 0.717) is 12.3 Å². The lowest BCUT2D eigenvalue weighted by atomic mass is 9.84. The number of amides is 1. The van der Waals surface area contributed by atoms with Gasteiger partial charge in [-0.05, 0) is 65.6 Å². The van der Waals surface area contributed by atoms with Crippen LogP contribution in [-0.4, -0.2) is 34.7 Å². The van der Waals surface area contributed by atoms with Crippen LogP contribution < -0.4 is 0 Å². The van der Waals surface area contributed by atoms with Crippen molar-refractivity contribution >= 4 is 11.7 Å². The van der Waals surface area contributed by atoms with Crippen molar-refractivity contribution in [3.05, 3.63) is 95.3 Å². The number of carbonyl (C=O) groups excluding carboxylic acids is 1. The SMILES string of the molecule is N#Cc1cccc(C2=CC3CCCC(C2)N3C(=O)OCC2c3ccccc3-c3ccccc32)n1. The minimum Gasteiger partial charge on any atom is -0.448 e. The lowest BCUT2D eigenvalue weighted by Gasteiger charge is -2.44. The second-order valence-electron chi connectivity index (χ2n) is 9.28. The quantitative estimate of drug-likeness (QED) is 0.500. The highest BCUT2D eigenvalue weighted by molar-refractivity contribution is 5.79. The van der Waals surface area contributed by atoms with Gasteiger partial charge in [0.05, 0.1) is 11.7 Å². The van der Waals surface area contributed by atoms with E-state index in [1.807, 2.05) is 17.0 Å². The first-order valence-corrected chi connectivity index (χ1v) is 11.9. The molecule has 2 atom stereocenters. The number of hydrogen-bond acceptors (Lipinski definition) is 4. The van der Waals surface area contributed by atoms with Crippen LogP contribution in [-0.2, 0) is 4.74 Å². The number of hydrogen-bond donors (Lipinski definition) is 0. The first kappa shape index (κ1) is 20.7. The molecule has 1 aromatic heterocycles. The first-order chi connectivity index (χ1) is 16.7. The number of ether oxygens (including phenoxy) is 1. The highest BCUT2D eigenvalue weighted by Crippen LogP contribution is 2.45. The van der Waals surface area contributed by atoms with Crippen molar-refractivity contribution in [3.63, 3.8) is 0 Å². The predicted octanol–water partition coefficient (Wildman–Crippen LogP) is 5.91. The van der Waals surface area contributed by atoms with Gasteiger partial charge < -0.3 is 4.74 Å². The molecule has 3 aromatic rings. The largest absolute Gasteiger partial charge is 0.448 e. The molecule has 1 saturated heterocycles. The van der Waals surface area contributed by atoms with Crippen LogP contribution in [0.5, 0.6) is 0 Å². The fourth-order valence-corrected chi connectivity index (χ4v) is 5.85. The Labute approximate surface area is 199 Å². The van der Waals surface area contributed by atoms with Crippen molar-refractivity contribution in [1.29, 1.82) is 5.26 Å². The summed E-state index contributed by atoms with van der Waals surface area (Å²) < 4.78 is 5.99. The standard InChI is InChI=1S/C29H25N3O2/c30-17-20-7-5-14-28(31-20)19-15-21-8-6-9-22(16-19)32(21)29(33)34-18-27-25-12-3-1-10-23(25)24-11-2-4-13-26(24)27/h1-5,7,10-15,21-22,27H,6,8-9,16,18H2. The third-order valence-corrected chi connectivity index (χ3v) is 7.38. The molecule has 34 heavy (non-hydrogen) atoms. The zero-order chi connectivity index (χ0) is 23.1. The van der Waals surface area contributed by atoms with Gasteiger partial charge >= 0.3 is 6.09 Å². The molecule has 0 spiro atoms. The Bertz CT molecular complexity index is 1290. The number of nitriles is 1. The van der Waals surface area contributed by atoms with Gasteiger partial charge in [0, 0.05) is 12.0 Å². The topological polar surface area (TPSA) is 66.2 Å². The summed E-state index contributed by atoms with van der Waals surface area (Å²) in [6.07, 6.45) is 5.63. The van der Waals surface area contributed by atoms with Gasteiger partial charge in [0.2, 0.25) is 0 Å². The number of piperidine rings is 1. The zero-order valence-electron chi connectivity index (χ0n) is 18.9. The van der Waals surface area contributed by atoms with E-state index in [-0.39, 0.29) is 24.1 Å². The zero-order valence-corrected chi connectivity index (χ0v) is 18.9. The van der Waals surface area contributed by atoms with E-state index in [1.165, 1.54) is 22.3 Å². The molecule has 2 unspecified atom stereocenters. The van der Waals surface area contributed by atoms with Gasteiger partial charge in [-0.25, -0.2) is 9.78 Å². The molecule has 0 N–H and O–H groups in total. The van der Waals surface area contributed by atoms with E-state index in [0.717, 1.165) is 37.0 Å². The number of carbonyl (C=O) groups is 1. The van der Waals surface area contributed by atoms with Gasteiger partial charge in [-0.3, -0.25) is 4.90 Å². The number of rotatable bonds is 3. The highest BCUT2D eigenvalue weighted by Gasteiger charge is 2.39. The molecule has 3 aliphatic rings. The van der Waals surface area contributed by atoms with Crippen molar-refractivity contribution in [3.8, 4) is 17.2 Å². The smallest absolute Gasteiger partial charge is 0.410 e. The average Bonchev–Trinajstić information content (AvgIpc) is 3.20. The van der Waals surface area contributed by atoms with Crippen molar-refractivity contribution in [2.45, 2.75) is 43.7 Å². The van der Waals surface area contributed by atoms with Crippen LogP contribution in [0.1, 0.15) is 54.1 Å². The van der Waals surface area contributed by atoms with E-state index in [2.05, 4.69) is 65.7 Å². The van der Waals surface area contributed by atoms with Crippen LogP contribution in [0.4, 0.5) is 4.79 Å². The van der Waals surface area contributed by atoms with Crippen LogP contribution in [0.2, 0.25) is 0 Å². The van der Waals surface area contributed by atoms with Gasteiger partial charge in [0.25, 0.3) is 0 Å². The Morgan fingerprint density at radius 3 is 2.44 bits per heavy atom. The minimum atomic E-state index is -0.231. The number of benzene rings is 2. The normalized spacial score (nSPS) is 20.7. The molecule has 2 bridgehead atoms. The maximum Gasteiger partial charge on any atom is 0.410 e. The number of nitrogens with zero attached hydrogens (tertiary/aromatic N) is 3. The van der Waals surface area contributed by atoms with Crippen molar-refractivity contribution < 1.29 is 9.53 Å². The molecule has 1 aliphatic carbocycles. The van der Waals surface area contributed by atoms with Gasteiger partial charge in [-0.2, -0.15) is 5.26 Å². The number of fused-ring (bicyclic) bond motifs is 5.